The third-order valence-electron chi connectivity index (χ3n) is 7.89. The van der Waals surface area contributed by atoms with E-state index in [1.165, 1.54) is 42.1 Å². The molecular weight excluding hydrogens is 825 g/mol. The molecule has 0 aliphatic rings. The molecule has 0 unspecified atom stereocenters. The third kappa shape index (κ3) is 9.01. The number of pyridine rings is 1. The summed E-state index contributed by atoms with van der Waals surface area (Å²) in [6.45, 7) is 3.25. The number of phenols is 1. The molecule has 58 heavy (non-hydrogen) atoms. The van der Waals surface area contributed by atoms with Crippen molar-refractivity contribution in [1.29, 1.82) is 0 Å². The molecule has 8 N–H and O–H groups in total. The van der Waals surface area contributed by atoms with E-state index in [-0.39, 0.29) is 56.0 Å². The Hall–Kier alpha value is -6.58. The number of nitrogen functional groups attached to an aromatic ring is 1. The minimum Gasteiger partial charge on any atom is -0.505 e. The summed E-state index contributed by atoms with van der Waals surface area (Å²) in [4.78, 5) is 22.5. The number of hydrogen-bond donors (Lipinski definition) is 7. The number of anilines is 3. The number of rotatable bonds is 13. The highest BCUT2D eigenvalue weighted by atomic mass is 32.2. The average molecular weight is 852 g/mol. The second kappa shape index (κ2) is 16.5. The molecule has 2 heterocycles. The van der Waals surface area contributed by atoms with Gasteiger partial charge < -0.3 is 21.3 Å². The van der Waals surface area contributed by atoms with Crippen molar-refractivity contribution in [2.75, 3.05) is 11.1 Å². The Kier molecular flexibility index (Phi) is 11.7. The van der Waals surface area contributed by atoms with Crippen molar-refractivity contribution in [2.24, 2.45) is 20.5 Å². The molecule has 0 fully saturated rings. The molecule has 0 radical (unpaired) electrons. The van der Waals surface area contributed by atoms with E-state index in [1.807, 2.05) is 0 Å². The van der Waals surface area contributed by atoms with Gasteiger partial charge in [-0.25, -0.2) is 14.6 Å². The first-order chi connectivity index (χ1) is 27.4. The summed E-state index contributed by atoms with van der Waals surface area (Å²) < 4.78 is 76.1. The number of aromatic nitrogens is 4. The van der Waals surface area contributed by atoms with Crippen LogP contribution >= 0.6 is 12.0 Å². The second-order valence-electron chi connectivity index (χ2n) is 11.8. The number of carboxylic acid groups (broad SMARTS) is 1. The molecule has 0 spiro atoms. The summed E-state index contributed by atoms with van der Waals surface area (Å²) in [6, 6.07) is 14.9. The average Bonchev–Trinajstić information content (AvgIpc) is 3.15. The fraction of sp³-hybridized carbons (Fsp3) is 0.0606. The number of azo groups is 2. The Labute approximate surface area is 331 Å². The number of hydrogen-bond acceptors (Lipinski definition) is 19. The number of aryl methyl sites for hydroxylation is 2. The van der Waals surface area contributed by atoms with Gasteiger partial charge in [0.1, 0.15) is 21.2 Å². The zero-order valence-electron chi connectivity index (χ0n) is 29.5. The highest BCUT2D eigenvalue weighted by Crippen LogP contribution is 2.49. The molecule has 0 amide bonds. The van der Waals surface area contributed by atoms with Gasteiger partial charge in [-0.05, 0) is 71.4 Å². The van der Waals surface area contributed by atoms with Gasteiger partial charge in [-0.1, -0.05) is 28.2 Å². The molecule has 6 aromatic rings. The lowest BCUT2D eigenvalue weighted by Crippen LogP contribution is -2.34. The molecule has 25 heteroatoms. The van der Waals surface area contributed by atoms with E-state index < -0.39 is 53.1 Å². The lowest BCUT2D eigenvalue weighted by molar-refractivity contribution is -0.603. The topological polar surface area (TPSA) is 335 Å². The summed E-state index contributed by atoms with van der Waals surface area (Å²) in [5.74, 6) is -2.06. The van der Waals surface area contributed by atoms with Gasteiger partial charge >= 0.3 is 17.9 Å². The number of nitrogens with two attached hydrogens (primary N) is 1. The van der Waals surface area contributed by atoms with E-state index in [0.717, 1.165) is 29.8 Å². The maximum atomic E-state index is 12.6. The number of phenolic OH excluding ortho intramolecular Hbond substituents is 1. The molecule has 298 valence electrons. The first-order valence-electron chi connectivity index (χ1n) is 15.9. The van der Waals surface area contributed by atoms with Crippen LogP contribution in [0.4, 0.5) is 40.1 Å². The van der Waals surface area contributed by atoms with Crippen LogP contribution in [0.2, 0.25) is 0 Å². The number of fused-ring (bicyclic) bond motifs is 1. The Morgan fingerprint density at radius 3 is 2.29 bits per heavy atom. The van der Waals surface area contributed by atoms with Crippen molar-refractivity contribution in [1.82, 2.24) is 15.0 Å². The van der Waals surface area contributed by atoms with Crippen LogP contribution in [-0.4, -0.2) is 62.3 Å². The predicted molar refractivity (Wildman–Crippen MR) is 203 cm³/mol. The largest absolute Gasteiger partial charge is 0.505 e. The summed E-state index contributed by atoms with van der Waals surface area (Å²) >= 11 is 0.371. The van der Waals surface area contributed by atoms with E-state index in [0.29, 0.717) is 17.7 Å². The smallest absolute Gasteiger partial charge is 0.442 e. The zero-order valence-corrected chi connectivity index (χ0v) is 31.9. The van der Waals surface area contributed by atoms with Crippen LogP contribution in [0, 0.1) is 13.8 Å². The molecular formula is C33H27N10O12S3+. The number of benzene rings is 4. The van der Waals surface area contributed by atoms with Crippen molar-refractivity contribution in [3.63, 3.8) is 0 Å². The lowest BCUT2D eigenvalue weighted by Gasteiger charge is -2.14. The van der Waals surface area contributed by atoms with Gasteiger partial charge in [-0.15, -0.1) is 14.6 Å². The maximum Gasteiger partial charge on any atom is 0.442 e. The van der Waals surface area contributed by atoms with Gasteiger partial charge in [0.25, 0.3) is 20.2 Å². The van der Waals surface area contributed by atoms with Gasteiger partial charge in [0.2, 0.25) is 5.82 Å². The van der Waals surface area contributed by atoms with E-state index in [1.54, 1.807) is 31.2 Å². The van der Waals surface area contributed by atoms with Crippen molar-refractivity contribution in [2.45, 2.75) is 28.5 Å². The van der Waals surface area contributed by atoms with Gasteiger partial charge in [0.05, 0.1) is 63.0 Å². The van der Waals surface area contributed by atoms with E-state index in [4.69, 9.17) is 11.0 Å². The normalized spacial score (nSPS) is 12.2. The summed E-state index contributed by atoms with van der Waals surface area (Å²) in [6.07, 6.45) is 2.70. The summed E-state index contributed by atoms with van der Waals surface area (Å²) in [5.41, 5.74) is 5.52. The molecule has 0 saturated carbocycles. The van der Waals surface area contributed by atoms with Gasteiger partial charge in [0.15, 0.2) is 5.75 Å². The molecule has 6 rings (SSSR count). The van der Waals surface area contributed by atoms with Crippen LogP contribution in [0.3, 0.4) is 0 Å². The van der Waals surface area contributed by atoms with Gasteiger partial charge in [-0.3, -0.25) is 9.11 Å². The Bertz CT molecular complexity index is 2920. The van der Waals surface area contributed by atoms with Crippen LogP contribution in [-0.2, 0) is 29.6 Å². The van der Waals surface area contributed by atoms with Crippen molar-refractivity contribution in [3.05, 3.63) is 96.1 Å². The lowest BCUT2D eigenvalue weighted by atomic mass is 10.1. The molecule has 0 atom stereocenters. The monoisotopic (exact) mass is 851 g/mol. The van der Waals surface area contributed by atoms with Gasteiger partial charge in [-0.2, -0.15) is 32.0 Å². The third-order valence-corrected chi connectivity index (χ3v) is 10.3. The molecule has 22 nitrogen and oxygen atoms in total. The van der Waals surface area contributed by atoms with Crippen LogP contribution in [0.5, 0.6) is 5.75 Å². The highest BCUT2D eigenvalue weighted by Gasteiger charge is 2.26. The Morgan fingerprint density at radius 2 is 1.60 bits per heavy atom. The predicted octanol–water partition coefficient (Wildman–Crippen LogP) is 6.40. The fourth-order valence-corrected chi connectivity index (χ4v) is 7.09. The minimum absolute atomic E-state index is 0.0433. The SMILES string of the molecule is Cc1nc(Nc2cc(N=Nc3c(S(=O)(=O)O)cc4cc(SOOO)c(N=Nc5ccccc5C)c(O)c4c3N)ccc2S(=O)(=O)O)nc(-[n+]2cccc(C(=O)O)c2)n1. The molecule has 2 aromatic heterocycles. The molecule has 0 saturated heterocycles. The number of aromatic carboxylic acids is 1. The van der Waals surface area contributed by atoms with Crippen molar-refractivity contribution >= 4 is 89.1 Å². The zero-order chi connectivity index (χ0) is 41.9. The number of nitrogens with one attached hydrogen (secondary N) is 1. The van der Waals surface area contributed by atoms with Crippen molar-refractivity contribution in [3.8, 4) is 11.7 Å². The fourth-order valence-electron chi connectivity index (χ4n) is 5.30. The van der Waals surface area contributed by atoms with Crippen LogP contribution < -0.4 is 15.6 Å². The van der Waals surface area contributed by atoms with Crippen LogP contribution in [0.15, 0.2) is 114 Å². The molecule has 0 bridgehead atoms. The minimum atomic E-state index is -5.11. The number of carboxylic acids is 1. The van der Waals surface area contributed by atoms with E-state index in [2.05, 4.69) is 50.1 Å². The summed E-state index contributed by atoms with van der Waals surface area (Å²) in [5, 5.41) is 51.9. The van der Waals surface area contributed by atoms with E-state index in [9.17, 15) is 40.9 Å². The van der Waals surface area contributed by atoms with Crippen LogP contribution in [0.25, 0.3) is 16.7 Å². The number of aromatic hydroxyl groups is 1. The Morgan fingerprint density at radius 1 is 0.879 bits per heavy atom. The Balaban J connectivity index is 1.46. The number of carbonyl (C=O) groups is 1. The molecule has 4 aromatic carbocycles. The second-order valence-corrected chi connectivity index (χ2v) is 15.3. The van der Waals surface area contributed by atoms with Gasteiger partial charge in [0, 0.05) is 6.92 Å². The highest BCUT2D eigenvalue weighted by molar-refractivity contribution is 7.94. The van der Waals surface area contributed by atoms with Crippen LogP contribution in [0.1, 0.15) is 21.7 Å². The first-order valence-corrected chi connectivity index (χ1v) is 19.6. The van der Waals surface area contributed by atoms with E-state index >= 15 is 0 Å². The first kappa shape index (κ1) is 41.1. The quantitative estimate of drug-likeness (QED) is 0.0126. The van der Waals surface area contributed by atoms with Crippen molar-refractivity contribution < 1.29 is 60.1 Å². The molecule has 0 aliphatic carbocycles. The number of nitrogens with zero attached hydrogens (tertiary/aromatic N) is 8. The molecule has 0 aliphatic heterocycles. The maximum absolute atomic E-state index is 12.6. The summed E-state index contributed by atoms with van der Waals surface area (Å²) in [7, 11) is -10.0. The standard InChI is InChI=1S/C33H26N10O12S3/c1-16-6-3-4-8-21(16)40-41-28-23(56-55-54-47)12-19-13-25(58(51,52)53)29(27(34)26(19)30(28)44)42-39-20-9-10-24(57(48,49)50)22(14-20)37-32-35-17(2)36-33(38-32)43-11-5-7-18(15-43)31(45)46/h3-15H,1-2H3,(H7-,34,35,36,37,38,39,40,44,45,46,47,48,49,50,51,52,53)/p+1.